The first-order chi connectivity index (χ1) is 0. The van der Waals surface area contributed by atoms with Gasteiger partial charge in [0.05, 0.1) is 0 Å². The number of hydrogen-bond donors (Lipinski definition) is 0. The van der Waals surface area contributed by atoms with Gasteiger partial charge in [-0.05, 0) is 0 Å². The Morgan fingerprint density at radius 1 is 1.00 bits per heavy atom. The van der Waals surface area contributed by atoms with E-state index in [0.717, 1.165) is 0 Å². The van der Waals surface area contributed by atoms with Crippen molar-refractivity contribution in [1.29, 1.82) is 0 Å². The quantitative estimate of drug-likeness (QED) is 0.458. The summed E-state index contributed by atoms with van der Waals surface area (Å²) in [7, 11) is 0. The molecule has 0 aromatic rings. The molecule has 0 atom stereocenters. The zero-order valence-electron chi connectivity index (χ0n) is 0.742. The molecule has 0 N–H and O–H groups in total. The predicted octanol–water partition coefficient (Wildman–Crippen LogP) is -1.84. The second-order valence-electron chi connectivity index (χ2n) is 0. The summed E-state index contributed by atoms with van der Waals surface area (Å²) in [5.41, 5.74) is 0. The molecule has 0 spiro atoms. The van der Waals surface area contributed by atoms with Crippen molar-refractivity contribution < 1.29 is 37.8 Å². The summed E-state index contributed by atoms with van der Waals surface area (Å²) in [6, 6.07) is 0. The maximum Gasteiger partial charge on any atom is 0 e. The number of rotatable bonds is 0. The molecule has 4 heteroatoms. The largest absolute Gasteiger partial charge is 0 e. The van der Waals surface area contributed by atoms with Gasteiger partial charge in [0.15, 0.2) is 17.4 Å². The fourth-order valence-electron chi connectivity index (χ4n) is 0. The monoisotopic (exact) mass is 281 g/mol. The van der Waals surface area contributed by atoms with Crippen molar-refractivity contribution in [2.75, 3.05) is 0 Å². The summed E-state index contributed by atoms with van der Waals surface area (Å²) >= 11 is 0. The molecule has 23 valence electrons. The molecule has 0 aliphatic heterocycles. The molecule has 0 aromatic carbocycles. The molecule has 1 radical (unpaired) electrons. The SMILES string of the molecule is [AlH3].[Co].[LiH].[W]. The first kappa shape index (κ1) is 33.2. The third-order valence-electron chi connectivity index (χ3n) is 0. The van der Waals surface area contributed by atoms with Gasteiger partial charge in [-0.15, -0.1) is 0 Å². The minimum Gasteiger partial charge on any atom is 0 e. The Balaban J connectivity index is 0. The van der Waals surface area contributed by atoms with E-state index in [0.29, 0.717) is 0 Å². The van der Waals surface area contributed by atoms with Gasteiger partial charge in [0.25, 0.3) is 0 Å². The van der Waals surface area contributed by atoms with Crippen LogP contribution in [-0.4, -0.2) is 36.2 Å². The third-order valence-corrected chi connectivity index (χ3v) is 0. The molecule has 0 unspecified atom stereocenters. The molecule has 0 rings (SSSR count). The second-order valence-corrected chi connectivity index (χ2v) is 0. The topological polar surface area (TPSA) is 0 Å². The van der Waals surface area contributed by atoms with Crippen molar-refractivity contribution in [3.05, 3.63) is 0 Å². The van der Waals surface area contributed by atoms with E-state index in [1.165, 1.54) is 0 Å². The zero-order valence-corrected chi connectivity index (χ0v) is 4.72. The molecular weight excluding hydrogens is 277 g/mol. The molecule has 0 aromatic heterocycles. The van der Waals surface area contributed by atoms with E-state index in [2.05, 4.69) is 0 Å². The second kappa shape index (κ2) is 18.4. The van der Waals surface area contributed by atoms with Gasteiger partial charge in [-0.25, -0.2) is 0 Å². The summed E-state index contributed by atoms with van der Waals surface area (Å²) in [6.07, 6.45) is 0. The van der Waals surface area contributed by atoms with Gasteiger partial charge in [-0.1, -0.05) is 0 Å². The average Bonchev–Trinajstić information content (AvgIpc) is 0. The van der Waals surface area contributed by atoms with E-state index >= 15 is 0 Å². The molecule has 0 saturated carbocycles. The van der Waals surface area contributed by atoms with Crippen molar-refractivity contribution in [3.63, 3.8) is 0 Å². The zero-order chi connectivity index (χ0) is 0. The third kappa shape index (κ3) is 8.85. The van der Waals surface area contributed by atoms with Crippen LogP contribution in [0.5, 0.6) is 0 Å². The predicted molar refractivity (Wildman–Crippen MR) is 17.1 cm³/mol. The molecule has 0 aliphatic rings. The van der Waals surface area contributed by atoms with Crippen LogP contribution in [-0.2, 0) is 37.8 Å². The van der Waals surface area contributed by atoms with Crippen molar-refractivity contribution >= 4 is 36.2 Å². The molecule has 4 heavy (non-hydrogen) atoms. The van der Waals surface area contributed by atoms with Crippen LogP contribution in [0.3, 0.4) is 0 Å². The van der Waals surface area contributed by atoms with Gasteiger partial charge in [0.1, 0.15) is 0 Å². The van der Waals surface area contributed by atoms with E-state index in [4.69, 9.17) is 0 Å². The van der Waals surface area contributed by atoms with Crippen LogP contribution in [0.2, 0.25) is 0 Å². The van der Waals surface area contributed by atoms with Crippen LogP contribution in [0.25, 0.3) is 0 Å². The molecule has 0 nitrogen and oxygen atoms in total. The first-order valence-electron chi connectivity index (χ1n) is 0. The number of hydrogen-bond acceptors (Lipinski definition) is 0. The first-order valence-corrected chi connectivity index (χ1v) is 0. The fraction of sp³-hybridized carbons (Fsp3) is 0. The van der Waals surface area contributed by atoms with Gasteiger partial charge < -0.3 is 0 Å². The van der Waals surface area contributed by atoms with Crippen LogP contribution in [0.4, 0.5) is 0 Å². The van der Waals surface area contributed by atoms with Crippen LogP contribution in [0.1, 0.15) is 0 Å². The van der Waals surface area contributed by atoms with Crippen LogP contribution in [0.15, 0.2) is 0 Å². The van der Waals surface area contributed by atoms with Crippen molar-refractivity contribution in [2.24, 2.45) is 0 Å². The normalized spacial score (nSPS) is 0. The van der Waals surface area contributed by atoms with E-state index in [1.54, 1.807) is 0 Å². The summed E-state index contributed by atoms with van der Waals surface area (Å²) < 4.78 is 0. The van der Waals surface area contributed by atoms with Crippen molar-refractivity contribution in [1.82, 2.24) is 0 Å². The molecule has 0 amide bonds. The van der Waals surface area contributed by atoms with Gasteiger partial charge in [-0.3, -0.25) is 0 Å². The smallest absolute Gasteiger partial charge is 0 e. The fourth-order valence-corrected chi connectivity index (χ4v) is 0. The average molecular weight is 281 g/mol. The molecular formula is H4AlCoLiW. The summed E-state index contributed by atoms with van der Waals surface area (Å²) in [5.74, 6) is 0. The van der Waals surface area contributed by atoms with E-state index in [9.17, 15) is 0 Å². The minimum absolute atomic E-state index is 0. The van der Waals surface area contributed by atoms with Crippen LogP contribution >= 0.6 is 0 Å². The molecule has 0 bridgehead atoms. The Morgan fingerprint density at radius 2 is 1.00 bits per heavy atom. The van der Waals surface area contributed by atoms with E-state index in [-0.39, 0.29) is 74.1 Å². The summed E-state index contributed by atoms with van der Waals surface area (Å²) in [5, 5.41) is 0. The Bertz CT molecular complexity index is 8.00. The Morgan fingerprint density at radius 3 is 1.00 bits per heavy atom. The van der Waals surface area contributed by atoms with Gasteiger partial charge in [-0.2, -0.15) is 0 Å². The van der Waals surface area contributed by atoms with Crippen molar-refractivity contribution in [2.45, 2.75) is 0 Å². The minimum atomic E-state index is 0. The Hall–Kier alpha value is 2.32. The molecule has 0 aliphatic carbocycles. The van der Waals surface area contributed by atoms with E-state index in [1.807, 2.05) is 0 Å². The summed E-state index contributed by atoms with van der Waals surface area (Å²) in [6.45, 7) is 0. The Kier molecular flexibility index (Phi) is 153. The van der Waals surface area contributed by atoms with Crippen LogP contribution in [0, 0.1) is 0 Å². The molecule has 0 saturated heterocycles. The Labute approximate surface area is 73.2 Å². The van der Waals surface area contributed by atoms with Gasteiger partial charge in [0, 0.05) is 37.8 Å². The van der Waals surface area contributed by atoms with E-state index < -0.39 is 0 Å². The maximum atomic E-state index is 0. The summed E-state index contributed by atoms with van der Waals surface area (Å²) in [4.78, 5) is 0. The van der Waals surface area contributed by atoms with Crippen LogP contribution < -0.4 is 0 Å². The maximum absolute atomic E-state index is 0. The standard InChI is InChI=1S/Al.Co.Li.W.4H. The van der Waals surface area contributed by atoms with Gasteiger partial charge in [0.2, 0.25) is 0 Å². The molecule has 0 heterocycles. The van der Waals surface area contributed by atoms with Crippen molar-refractivity contribution in [3.8, 4) is 0 Å². The van der Waals surface area contributed by atoms with Gasteiger partial charge >= 0.3 is 18.9 Å². The molecule has 0 fully saturated rings.